The largest absolute Gasteiger partial charge is 0.507 e. The fourth-order valence-electron chi connectivity index (χ4n) is 2.80. The van der Waals surface area contributed by atoms with E-state index >= 15 is 0 Å². The second-order valence-electron chi connectivity index (χ2n) is 6.97. The van der Waals surface area contributed by atoms with Crippen LogP contribution in [0, 0.1) is 13.8 Å². The van der Waals surface area contributed by atoms with Crippen LogP contribution < -0.4 is 0 Å². The molecular weight excluding hydrogens is 298 g/mol. The molecule has 2 aromatic carbocycles. The fraction of sp³-hybridized carbons (Fsp3) is 0.381. The maximum atomic E-state index is 10.5. The van der Waals surface area contributed by atoms with Crippen LogP contribution >= 0.6 is 0 Å². The Bertz CT molecular complexity index is 708. The fourth-order valence-corrected chi connectivity index (χ4v) is 2.80. The number of aryl methyl sites for hydroxylation is 2. The van der Waals surface area contributed by atoms with Gasteiger partial charge in [-0.15, -0.1) is 0 Å². The molecule has 0 bridgehead atoms. The highest BCUT2D eigenvalue weighted by Crippen LogP contribution is 2.38. The Kier molecular flexibility index (Phi) is 5.33. The molecule has 0 saturated carbocycles. The zero-order valence-corrected chi connectivity index (χ0v) is 15.4. The molecule has 0 spiro atoms. The maximum Gasteiger partial charge on any atom is 0.144 e. The minimum atomic E-state index is 0.204. The number of benzene rings is 2. The molecule has 0 aliphatic rings. The summed E-state index contributed by atoms with van der Waals surface area (Å²) in [6, 6.07) is 7.87. The molecule has 0 aromatic heterocycles. The second kappa shape index (κ2) is 7.08. The van der Waals surface area contributed by atoms with Crippen LogP contribution in [-0.2, 0) is 0 Å². The normalized spacial score (nSPS) is 11.8. The zero-order chi connectivity index (χ0) is 18.0. The molecule has 0 saturated heterocycles. The van der Waals surface area contributed by atoms with Gasteiger partial charge in [0, 0.05) is 11.8 Å². The number of aliphatic imine (C=N–C) groups is 1. The molecular formula is C21H27NO2. The molecule has 0 unspecified atom stereocenters. The first-order chi connectivity index (χ1) is 11.2. The van der Waals surface area contributed by atoms with Crippen molar-refractivity contribution in [2.24, 2.45) is 4.99 Å². The highest BCUT2D eigenvalue weighted by atomic mass is 16.3. The third-order valence-corrected chi connectivity index (χ3v) is 4.40. The summed E-state index contributed by atoms with van der Waals surface area (Å²) in [6.45, 7) is 12.1. The first kappa shape index (κ1) is 18.1. The summed E-state index contributed by atoms with van der Waals surface area (Å²) in [4.78, 5) is 4.57. The van der Waals surface area contributed by atoms with Crippen molar-refractivity contribution >= 4 is 11.9 Å². The van der Waals surface area contributed by atoms with Gasteiger partial charge in [-0.2, -0.15) is 0 Å². The summed E-state index contributed by atoms with van der Waals surface area (Å²) in [6.07, 6.45) is 1.68. The van der Waals surface area contributed by atoms with Crippen molar-refractivity contribution < 1.29 is 10.2 Å². The standard InChI is InChI=1S/C21H27NO2/c1-12(2)16-9-7-14(5)20(23)18(16)11-22-19-17(13(3)4)10-8-15(6)21(19)24/h7-13,23-24H,1-6H3. The van der Waals surface area contributed by atoms with E-state index in [9.17, 15) is 10.2 Å². The van der Waals surface area contributed by atoms with E-state index in [0.717, 1.165) is 27.8 Å². The molecule has 2 aromatic rings. The summed E-state index contributed by atoms with van der Waals surface area (Å²) in [5, 5.41) is 20.9. The molecule has 3 nitrogen and oxygen atoms in total. The molecule has 0 amide bonds. The minimum absolute atomic E-state index is 0.204. The number of phenolic OH excluding ortho intramolecular Hbond substituents is 2. The SMILES string of the molecule is Cc1ccc(C(C)C)c(C=Nc2c(C(C)C)ccc(C)c2O)c1O. The molecule has 3 heteroatoms. The number of hydrogen-bond acceptors (Lipinski definition) is 3. The van der Waals surface area contributed by atoms with Crippen LogP contribution in [0.2, 0.25) is 0 Å². The van der Waals surface area contributed by atoms with E-state index in [1.807, 2.05) is 38.1 Å². The lowest BCUT2D eigenvalue weighted by atomic mass is 9.94. The van der Waals surface area contributed by atoms with E-state index in [1.54, 1.807) is 6.21 Å². The van der Waals surface area contributed by atoms with Crippen LogP contribution in [0.3, 0.4) is 0 Å². The lowest BCUT2D eigenvalue weighted by Gasteiger charge is -2.15. The molecule has 0 radical (unpaired) electrons. The van der Waals surface area contributed by atoms with Gasteiger partial charge in [0.2, 0.25) is 0 Å². The van der Waals surface area contributed by atoms with E-state index in [-0.39, 0.29) is 23.3 Å². The van der Waals surface area contributed by atoms with Crippen molar-refractivity contribution in [3.8, 4) is 11.5 Å². The van der Waals surface area contributed by atoms with Crippen molar-refractivity contribution in [3.05, 3.63) is 52.1 Å². The van der Waals surface area contributed by atoms with E-state index in [1.165, 1.54) is 0 Å². The second-order valence-corrected chi connectivity index (χ2v) is 6.97. The van der Waals surface area contributed by atoms with Gasteiger partial charge in [0.05, 0.1) is 0 Å². The van der Waals surface area contributed by atoms with Crippen molar-refractivity contribution in [2.75, 3.05) is 0 Å². The summed E-state index contributed by atoms with van der Waals surface area (Å²) < 4.78 is 0. The van der Waals surface area contributed by atoms with E-state index in [4.69, 9.17) is 0 Å². The van der Waals surface area contributed by atoms with Gasteiger partial charge >= 0.3 is 0 Å². The van der Waals surface area contributed by atoms with Crippen LogP contribution in [0.25, 0.3) is 0 Å². The van der Waals surface area contributed by atoms with Crippen molar-refractivity contribution in [1.82, 2.24) is 0 Å². The Morgan fingerprint density at radius 1 is 0.792 bits per heavy atom. The van der Waals surface area contributed by atoms with Crippen molar-refractivity contribution in [3.63, 3.8) is 0 Å². The molecule has 0 atom stereocenters. The number of phenols is 2. The topological polar surface area (TPSA) is 52.8 Å². The Balaban J connectivity index is 2.61. The monoisotopic (exact) mass is 325 g/mol. The van der Waals surface area contributed by atoms with Crippen LogP contribution in [0.1, 0.15) is 67.3 Å². The van der Waals surface area contributed by atoms with Gasteiger partial charge in [-0.3, -0.25) is 4.99 Å². The van der Waals surface area contributed by atoms with E-state index < -0.39 is 0 Å². The Morgan fingerprint density at radius 3 is 1.83 bits per heavy atom. The van der Waals surface area contributed by atoms with Gasteiger partial charge in [-0.1, -0.05) is 52.0 Å². The summed E-state index contributed by atoms with van der Waals surface area (Å²) in [5.74, 6) is 0.979. The molecule has 0 aliphatic carbocycles. The number of aromatic hydroxyl groups is 2. The first-order valence-electron chi connectivity index (χ1n) is 8.43. The quantitative estimate of drug-likeness (QED) is 0.707. The number of hydrogen-bond donors (Lipinski definition) is 2. The minimum Gasteiger partial charge on any atom is -0.507 e. The van der Waals surface area contributed by atoms with Crippen molar-refractivity contribution in [1.29, 1.82) is 0 Å². The van der Waals surface area contributed by atoms with Crippen LogP contribution in [0.5, 0.6) is 11.5 Å². The van der Waals surface area contributed by atoms with Gasteiger partial charge in [0.25, 0.3) is 0 Å². The van der Waals surface area contributed by atoms with Gasteiger partial charge in [-0.05, 0) is 47.9 Å². The lowest BCUT2D eigenvalue weighted by molar-refractivity contribution is 0.468. The number of nitrogens with zero attached hydrogens (tertiary/aromatic N) is 1. The lowest BCUT2D eigenvalue weighted by Crippen LogP contribution is -1.98. The summed E-state index contributed by atoms with van der Waals surface area (Å²) in [7, 11) is 0. The van der Waals surface area contributed by atoms with Crippen LogP contribution in [0.15, 0.2) is 29.3 Å². The number of rotatable bonds is 4. The van der Waals surface area contributed by atoms with Crippen molar-refractivity contribution in [2.45, 2.75) is 53.4 Å². The molecule has 0 heterocycles. The Hall–Kier alpha value is -2.29. The third-order valence-electron chi connectivity index (χ3n) is 4.40. The molecule has 24 heavy (non-hydrogen) atoms. The predicted molar refractivity (Wildman–Crippen MR) is 101 cm³/mol. The molecule has 0 fully saturated rings. The Labute approximate surface area is 144 Å². The average Bonchev–Trinajstić information content (AvgIpc) is 2.51. The average molecular weight is 325 g/mol. The highest BCUT2D eigenvalue weighted by molar-refractivity contribution is 5.89. The van der Waals surface area contributed by atoms with E-state index in [0.29, 0.717) is 5.69 Å². The van der Waals surface area contributed by atoms with Gasteiger partial charge in [0.15, 0.2) is 0 Å². The highest BCUT2D eigenvalue weighted by Gasteiger charge is 2.15. The van der Waals surface area contributed by atoms with E-state index in [2.05, 4.69) is 32.7 Å². The molecule has 2 rings (SSSR count). The third kappa shape index (κ3) is 3.45. The van der Waals surface area contributed by atoms with Gasteiger partial charge in [0.1, 0.15) is 17.2 Å². The first-order valence-corrected chi connectivity index (χ1v) is 8.43. The van der Waals surface area contributed by atoms with Crippen LogP contribution in [0.4, 0.5) is 5.69 Å². The summed E-state index contributed by atoms with van der Waals surface area (Å²) >= 11 is 0. The molecule has 128 valence electrons. The zero-order valence-electron chi connectivity index (χ0n) is 15.4. The van der Waals surface area contributed by atoms with Gasteiger partial charge in [-0.25, -0.2) is 0 Å². The molecule has 0 aliphatic heterocycles. The Morgan fingerprint density at radius 2 is 1.29 bits per heavy atom. The smallest absolute Gasteiger partial charge is 0.144 e. The van der Waals surface area contributed by atoms with Gasteiger partial charge < -0.3 is 10.2 Å². The molecule has 2 N–H and O–H groups in total. The predicted octanol–water partition coefficient (Wildman–Crippen LogP) is 5.71. The van der Waals surface area contributed by atoms with Crippen LogP contribution in [-0.4, -0.2) is 16.4 Å². The summed E-state index contributed by atoms with van der Waals surface area (Å²) in [5.41, 5.74) is 4.95. The maximum absolute atomic E-state index is 10.5.